The molecule has 1 amide bonds. The van der Waals surface area contributed by atoms with Crippen LogP contribution in [0, 0.1) is 6.07 Å². The minimum Gasteiger partial charge on any atom is -0.364 e. The molecule has 0 aliphatic carbocycles. The van der Waals surface area contributed by atoms with Gasteiger partial charge < -0.3 is 5.73 Å². The highest BCUT2D eigenvalue weighted by Crippen LogP contribution is 2.15. The van der Waals surface area contributed by atoms with Crippen molar-refractivity contribution in [3.63, 3.8) is 0 Å². The lowest BCUT2D eigenvalue weighted by atomic mass is 10.2. The monoisotopic (exact) mass is 174 g/mol. The fraction of sp³-hybridized carbons (Fsp3) is 0.111. The molecular weight excluding hydrogens is 166 g/mol. The van der Waals surface area contributed by atoms with Crippen LogP contribution in [0.3, 0.4) is 0 Å². The fourth-order valence-corrected chi connectivity index (χ4v) is 1.31. The van der Waals surface area contributed by atoms with Crippen LogP contribution in [0.15, 0.2) is 18.2 Å². The van der Waals surface area contributed by atoms with E-state index in [2.05, 4.69) is 11.2 Å². The molecule has 1 aromatic carbocycles. The molecule has 2 aromatic rings. The summed E-state index contributed by atoms with van der Waals surface area (Å²) < 4.78 is 1.62. The third-order valence-corrected chi connectivity index (χ3v) is 1.90. The van der Waals surface area contributed by atoms with Gasteiger partial charge in [0, 0.05) is 12.4 Å². The summed E-state index contributed by atoms with van der Waals surface area (Å²) in [5, 5.41) is 4.68. The molecule has 0 saturated heterocycles. The summed E-state index contributed by atoms with van der Waals surface area (Å²) in [4.78, 5) is 11.0. The second kappa shape index (κ2) is 2.58. The van der Waals surface area contributed by atoms with Crippen molar-refractivity contribution in [1.82, 2.24) is 9.78 Å². The van der Waals surface area contributed by atoms with Gasteiger partial charge in [-0.05, 0) is 12.1 Å². The summed E-state index contributed by atoms with van der Waals surface area (Å²) in [6.45, 7) is 0. The van der Waals surface area contributed by atoms with E-state index in [1.165, 1.54) is 0 Å². The number of nitrogens with two attached hydrogens (primary N) is 1. The predicted octanol–water partition coefficient (Wildman–Crippen LogP) is 0.472. The van der Waals surface area contributed by atoms with Crippen molar-refractivity contribution in [2.24, 2.45) is 12.8 Å². The van der Waals surface area contributed by atoms with Gasteiger partial charge >= 0.3 is 0 Å². The summed E-state index contributed by atoms with van der Waals surface area (Å²) in [6, 6.07) is 8.38. The summed E-state index contributed by atoms with van der Waals surface area (Å²) >= 11 is 0. The molecule has 1 aromatic heterocycles. The summed E-state index contributed by atoms with van der Waals surface area (Å²) in [7, 11) is 1.77. The maximum atomic E-state index is 11.0. The van der Waals surface area contributed by atoms with Crippen LogP contribution < -0.4 is 5.73 Å². The lowest BCUT2D eigenvalue weighted by molar-refractivity contribution is 0.0996. The lowest BCUT2D eigenvalue weighted by Gasteiger charge is -1.89. The Morgan fingerprint density at radius 2 is 2.46 bits per heavy atom. The average molecular weight is 174 g/mol. The van der Waals surface area contributed by atoms with Crippen molar-refractivity contribution in [3.05, 3.63) is 30.0 Å². The molecule has 0 aliphatic rings. The highest BCUT2D eigenvalue weighted by Gasteiger charge is 2.11. The molecule has 13 heavy (non-hydrogen) atoms. The standard InChI is InChI=1S/C9H8N3O/c1-12-7-5-3-2-4-6(7)8(11-12)9(10)13/h2-3,5H,1H3,(H2,10,13). The molecule has 0 saturated carbocycles. The Bertz CT molecular complexity index is 473. The molecule has 0 fully saturated rings. The van der Waals surface area contributed by atoms with Crippen LogP contribution in [0.2, 0.25) is 0 Å². The third-order valence-electron chi connectivity index (χ3n) is 1.90. The molecule has 4 heteroatoms. The Kier molecular flexibility index (Phi) is 1.55. The summed E-state index contributed by atoms with van der Waals surface area (Å²) in [6.07, 6.45) is 0. The number of aryl methyl sites for hydroxylation is 1. The first-order valence-corrected chi connectivity index (χ1v) is 3.83. The number of amides is 1. The maximum Gasteiger partial charge on any atom is 0.269 e. The van der Waals surface area contributed by atoms with Crippen LogP contribution in [0.4, 0.5) is 0 Å². The van der Waals surface area contributed by atoms with Crippen molar-refractivity contribution < 1.29 is 4.79 Å². The SMILES string of the molecule is Cn1nc(C(N)=O)c2[c]cccc21. The molecule has 1 radical (unpaired) electrons. The fourth-order valence-electron chi connectivity index (χ4n) is 1.31. The van der Waals surface area contributed by atoms with E-state index in [0.29, 0.717) is 5.39 Å². The number of hydrogen-bond donors (Lipinski definition) is 1. The predicted molar refractivity (Wildman–Crippen MR) is 48.1 cm³/mol. The second-order valence-electron chi connectivity index (χ2n) is 2.77. The van der Waals surface area contributed by atoms with Gasteiger partial charge in [0.15, 0.2) is 5.69 Å². The minimum atomic E-state index is -0.520. The number of carbonyl (C=O) groups excluding carboxylic acids is 1. The average Bonchev–Trinajstić information content (AvgIpc) is 2.45. The Morgan fingerprint density at radius 3 is 3.15 bits per heavy atom. The molecule has 2 rings (SSSR count). The molecular formula is C9H8N3O. The van der Waals surface area contributed by atoms with Crippen LogP contribution in [-0.2, 0) is 7.05 Å². The summed E-state index contributed by atoms with van der Waals surface area (Å²) in [5.41, 5.74) is 6.29. The van der Waals surface area contributed by atoms with E-state index >= 15 is 0 Å². The van der Waals surface area contributed by atoms with E-state index in [-0.39, 0.29) is 5.69 Å². The van der Waals surface area contributed by atoms with Gasteiger partial charge in [0.2, 0.25) is 0 Å². The van der Waals surface area contributed by atoms with Crippen LogP contribution in [-0.4, -0.2) is 15.7 Å². The van der Waals surface area contributed by atoms with Gasteiger partial charge in [-0.15, -0.1) is 0 Å². The molecule has 0 spiro atoms. The van der Waals surface area contributed by atoms with Crippen molar-refractivity contribution in [2.75, 3.05) is 0 Å². The maximum absolute atomic E-state index is 11.0. The Labute approximate surface area is 75.0 Å². The van der Waals surface area contributed by atoms with Crippen LogP contribution >= 0.6 is 0 Å². The van der Waals surface area contributed by atoms with Gasteiger partial charge in [-0.3, -0.25) is 9.48 Å². The second-order valence-corrected chi connectivity index (χ2v) is 2.77. The Balaban J connectivity index is 2.85. The number of aromatic nitrogens is 2. The van der Waals surface area contributed by atoms with Gasteiger partial charge in [-0.1, -0.05) is 12.1 Å². The molecule has 4 nitrogen and oxygen atoms in total. The lowest BCUT2D eigenvalue weighted by Crippen LogP contribution is -2.12. The first-order valence-electron chi connectivity index (χ1n) is 3.83. The number of carbonyl (C=O) groups is 1. The quantitative estimate of drug-likeness (QED) is 0.683. The largest absolute Gasteiger partial charge is 0.364 e. The van der Waals surface area contributed by atoms with E-state index in [4.69, 9.17) is 5.73 Å². The van der Waals surface area contributed by atoms with Gasteiger partial charge in [0.25, 0.3) is 5.91 Å². The van der Waals surface area contributed by atoms with E-state index in [1.54, 1.807) is 17.8 Å². The zero-order valence-electron chi connectivity index (χ0n) is 7.11. The topological polar surface area (TPSA) is 60.9 Å². The highest BCUT2D eigenvalue weighted by atomic mass is 16.1. The zero-order chi connectivity index (χ0) is 9.42. The highest BCUT2D eigenvalue weighted by molar-refractivity contribution is 6.03. The number of rotatable bonds is 1. The minimum absolute atomic E-state index is 0.276. The van der Waals surface area contributed by atoms with E-state index in [1.807, 2.05) is 12.1 Å². The molecule has 0 atom stereocenters. The normalized spacial score (nSPS) is 10.5. The van der Waals surface area contributed by atoms with Crippen molar-refractivity contribution in [3.8, 4) is 0 Å². The molecule has 0 bridgehead atoms. The third kappa shape index (κ3) is 1.07. The summed E-state index contributed by atoms with van der Waals surface area (Å²) in [5.74, 6) is -0.520. The van der Waals surface area contributed by atoms with Gasteiger partial charge in [0.05, 0.1) is 5.52 Å². The molecule has 1 heterocycles. The smallest absolute Gasteiger partial charge is 0.269 e. The first-order chi connectivity index (χ1) is 6.20. The number of nitrogens with zero attached hydrogens (tertiary/aromatic N) is 2. The van der Waals surface area contributed by atoms with Crippen molar-refractivity contribution >= 4 is 16.8 Å². The van der Waals surface area contributed by atoms with Gasteiger partial charge in [0.1, 0.15) is 0 Å². The van der Waals surface area contributed by atoms with Gasteiger partial charge in [-0.2, -0.15) is 5.10 Å². The molecule has 2 N–H and O–H groups in total. The number of fused-ring (bicyclic) bond motifs is 1. The Morgan fingerprint density at radius 1 is 1.69 bits per heavy atom. The van der Waals surface area contributed by atoms with E-state index in [0.717, 1.165) is 5.52 Å². The number of hydrogen-bond acceptors (Lipinski definition) is 2. The van der Waals surface area contributed by atoms with Crippen LogP contribution in [0.25, 0.3) is 10.9 Å². The van der Waals surface area contributed by atoms with Gasteiger partial charge in [-0.25, -0.2) is 0 Å². The first kappa shape index (κ1) is 7.79. The molecule has 0 unspecified atom stereocenters. The van der Waals surface area contributed by atoms with E-state index in [9.17, 15) is 4.79 Å². The van der Waals surface area contributed by atoms with E-state index < -0.39 is 5.91 Å². The Hall–Kier alpha value is -1.84. The molecule has 65 valence electrons. The van der Waals surface area contributed by atoms with Crippen LogP contribution in [0.1, 0.15) is 10.5 Å². The zero-order valence-corrected chi connectivity index (χ0v) is 7.11. The van der Waals surface area contributed by atoms with Crippen LogP contribution in [0.5, 0.6) is 0 Å². The van der Waals surface area contributed by atoms with Crippen molar-refractivity contribution in [1.29, 1.82) is 0 Å². The number of primary amides is 1. The number of benzene rings is 1. The van der Waals surface area contributed by atoms with Crippen molar-refractivity contribution in [2.45, 2.75) is 0 Å². The molecule has 0 aliphatic heterocycles.